The normalized spacial score (nSPS) is 13.2. The zero-order chi connectivity index (χ0) is 19.5. The topological polar surface area (TPSA) is 66.2 Å². The molecule has 0 unspecified atom stereocenters. The summed E-state index contributed by atoms with van der Waals surface area (Å²) in [6, 6.07) is 12.8. The molecule has 0 atom stereocenters. The summed E-state index contributed by atoms with van der Waals surface area (Å²) < 4.78 is 13.1. The maximum absolute atomic E-state index is 12.6. The van der Waals surface area contributed by atoms with Gasteiger partial charge in [0.05, 0.1) is 24.0 Å². The van der Waals surface area contributed by atoms with Crippen molar-refractivity contribution in [3.63, 3.8) is 0 Å². The lowest BCUT2D eigenvalue weighted by Crippen LogP contribution is -2.05. The van der Waals surface area contributed by atoms with Crippen molar-refractivity contribution in [2.75, 3.05) is 19.0 Å². The van der Waals surface area contributed by atoms with Crippen LogP contribution in [0.4, 0.5) is 0 Å². The average Bonchev–Trinajstić information content (AvgIpc) is 2.91. The highest BCUT2D eigenvalue weighted by Crippen LogP contribution is 2.32. The Morgan fingerprint density at radius 2 is 1.93 bits per heavy atom. The zero-order valence-corrected chi connectivity index (χ0v) is 16.8. The van der Waals surface area contributed by atoms with Crippen LogP contribution in [0, 0.1) is 0 Å². The molecule has 2 heterocycles. The number of carbonyl (C=O) groups is 1. The van der Waals surface area contributed by atoms with Gasteiger partial charge in [-0.15, -0.1) is 10.2 Å². The van der Waals surface area contributed by atoms with Gasteiger partial charge in [0, 0.05) is 24.6 Å². The highest BCUT2D eigenvalue weighted by atomic mass is 35.5. The van der Waals surface area contributed by atoms with E-state index in [9.17, 15) is 4.79 Å². The van der Waals surface area contributed by atoms with Gasteiger partial charge in [-0.1, -0.05) is 35.5 Å². The van der Waals surface area contributed by atoms with Gasteiger partial charge >= 0.3 is 0 Å². The molecular formula is C20H18ClN3O3S. The second-order valence-corrected chi connectivity index (χ2v) is 7.62. The maximum atomic E-state index is 12.6. The lowest BCUT2D eigenvalue weighted by atomic mass is 10.1. The molecule has 1 aromatic heterocycles. The first-order valence-electron chi connectivity index (χ1n) is 8.83. The first kappa shape index (κ1) is 18.8. The van der Waals surface area contributed by atoms with E-state index in [1.165, 1.54) is 11.8 Å². The van der Waals surface area contributed by atoms with Crippen molar-refractivity contribution in [2.24, 2.45) is 7.05 Å². The van der Waals surface area contributed by atoms with Gasteiger partial charge in [0.1, 0.15) is 0 Å². The van der Waals surface area contributed by atoms with Gasteiger partial charge in [0.25, 0.3) is 0 Å². The second-order valence-electron chi connectivity index (χ2n) is 6.27. The third-order valence-corrected chi connectivity index (χ3v) is 5.70. The van der Waals surface area contributed by atoms with Crippen LogP contribution in [0.2, 0.25) is 5.02 Å². The van der Waals surface area contributed by atoms with Crippen molar-refractivity contribution >= 4 is 29.1 Å². The van der Waals surface area contributed by atoms with Gasteiger partial charge in [-0.25, -0.2) is 0 Å². The molecule has 0 aliphatic carbocycles. The number of aromatic nitrogens is 3. The van der Waals surface area contributed by atoms with Crippen LogP contribution in [0.15, 0.2) is 47.6 Å². The van der Waals surface area contributed by atoms with Crippen LogP contribution >= 0.6 is 23.4 Å². The Morgan fingerprint density at radius 1 is 1.14 bits per heavy atom. The zero-order valence-electron chi connectivity index (χ0n) is 15.2. The molecule has 0 fully saturated rings. The highest BCUT2D eigenvalue weighted by Gasteiger charge is 2.17. The number of Topliss-reactive ketones (excluding diaryl/α,β-unsaturated/α-hetero) is 1. The van der Waals surface area contributed by atoms with Gasteiger partial charge in [0.15, 0.2) is 28.3 Å². The largest absolute Gasteiger partial charge is 0.490 e. The third kappa shape index (κ3) is 3.86. The first-order valence-corrected chi connectivity index (χ1v) is 10.2. The molecule has 4 rings (SSSR count). The quantitative estimate of drug-likeness (QED) is 0.458. The lowest BCUT2D eigenvalue weighted by Gasteiger charge is -2.09. The van der Waals surface area contributed by atoms with E-state index in [0.29, 0.717) is 46.3 Å². The minimum atomic E-state index is -0.0112. The average molecular weight is 416 g/mol. The second kappa shape index (κ2) is 8.24. The van der Waals surface area contributed by atoms with E-state index in [1.807, 2.05) is 35.9 Å². The summed E-state index contributed by atoms with van der Waals surface area (Å²) in [5.74, 6) is 2.19. The monoisotopic (exact) mass is 415 g/mol. The molecule has 0 spiro atoms. The SMILES string of the molecule is Cn1c(SCC(=O)c2ccc3c(c2)OCCCO3)nnc1-c1ccccc1Cl. The molecule has 1 aliphatic rings. The summed E-state index contributed by atoms with van der Waals surface area (Å²) in [5, 5.41) is 9.69. The Morgan fingerprint density at radius 3 is 2.75 bits per heavy atom. The van der Waals surface area contributed by atoms with Gasteiger partial charge in [-0.05, 0) is 30.3 Å². The number of nitrogens with zero attached hydrogens (tertiary/aromatic N) is 3. The van der Waals surface area contributed by atoms with Crippen LogP contribution in [0.1, 0.15) is 16.8 Å². The highest BCUT2D eigenvalue weighted by molar-refractivity contribution is 7.99. The summed E-state index contributed by atoms with van der Waals surface area (Å²) >= 11 is 7.59. The Kier molecular flexibility index (Phi) is 5.54. The van der Waals surface area contributed by atoms with Gasteiger partial charge in [-0.2, -0.15) is 0 Å². The molecule has 2 aromatic carbocycles. The standard InChI is InChI=1S/C20H18ClN3O3S/c1-24-19(14-5-2-3-6-15(14)21)22-23-20(24)28-12-16(25)13-7-8-17-18(11-13)27-10-4-9-26-17/h2-3,5-8,11H,4,9-10,12H2,1H3. The van der Waals surface area contributed by atoms with Crippen LogP contribution in [0.25, 0.3) is 11.4 Å². The number of thioether (sulfide) groups is 1. The van der Waals surface area contributed by atoms with Crippen LogP contribution < -0.4 is 9.47 Å². The number of rotatable bonds is 5. The number of halogens is 1. The fourth-order valence-electron chi connectivity index (χ4n) is 2.87. The number of fused-ring (bicyclic) bond motifs is 1. The molecule has 28 heavy (non-hydrogen) atoms. The van der Waals surface area contributed by atoms with Crippen molar-refractivity contribution in [3.8, 4) is 22.9 Å². The van der Waals surface area contributed by atoms with E-state index >= 15 is 0 Å². The lowest BCUT2D eigenvalue weighted by molar-refractivity contribution is 0.102. The predicted molar refractivity (Wildman–Crippen MR) is 109 cm³/mol. The van der Waals surface area contributed by atoms with Gasteiger partial charge < -0.3 is 14.0 Å². The number of benzene rings is 2. The van der Waals surface area contributed by atoms with Crippen LogP contribution in [0.5, 0.6) is 11.5 Å². The van der Waals surface area contributed by atoms with Gasteiger partial charge in [-0.3, -0.25) is 4.79 Å². The Labute approximate surface area is 171 Å². The number of ketones is 1. The van der Waals surface area contributed by atoms with E-state index < -0.39 is 0 Å². The van der Waals surface area contributed by atoms with E-state index in [1.54, 1.807) is 18.2 Å². The molecular weight excluding hydrogens is 398 g/mol. The minimum Gasteiger partial charge on any atom is -0.490 e. The predicted octanol–water partition coefficient (Wildman–Crippen LogP) is 4.27. The van der Waals surface area contributed by atoms with Crippen molar-refractivity contribution in [3.05, 3.63) is 53.1 Å². The first-order chi connectivity index (χ1) is 13.6. The van der Waals surface area contributed by atoms with Crippen molar-refractivity contribution < 1.29 is 14.3 Å². The summed E-state index contributed by atoms with van der Waals surface area (Å²) in [7, 11) is 1.86. The molecule has 0 amide bonds. The van der Waals surface area contributed by atoms with Crippen LogP contribution in [-0.4, -0.2) is 39.5 Å². The van der Waals surface area contributed by atoms with E-state index in [2.05, 4.69) is 10.2 Å². The van der Waals surface area contributed by atoms with E-state index in [4.69, 9.17) is 21.1 Å². The van der Waals surface area contributed by atoms with E-state index in [-0.39, 0.29) is 11.5 Å². The summed E-state index contributed by atoms with van der Waals surface area (Å²) in [4.78, 5) is 12.6. The Balaban J connectivity index is 1.47. The third-order valence-electron chi connectivity index (χ3n) is 4.35. The maximum Gasteiger partial charge on any atom is 0.191 e. The number of hydrogen-bond donors (Lipinski definition) is 0. The molecule has 8 heteroatoms. The molecule has 144 valence electrons. The fourth-order valence-corrected chi connectivity index (χ4v) is 3.89. The molecule has 1 aliphatic heterocycles. The van der Waals surface area contributed by atoms with Crippen molar-refractivity contribution in [1.29, 1.82) is 0 Å². The molecule has 0 radical (unpaired) electrons. The summed E-state index contributed by atoms with van der Waals surface area (Å²) in [5.41, 5.74) is 1.39. The smallest absolute Gasteiger partial charge is 0.191 e. The fraction of sp³-hybridized carbons (Fsp3) is 0.250. The number of ether oxygens (including phenoxy) is 2. The van der Waals surface area contributed by atoms with E-state index in [0.717, 1.165) is 12.0 Å². The van der Waals surface area contributed by atoms with Crippen LogP contribution in [0.3, 0.4) is 0 Å². The molecule has 0 N–H and O–H groups in total. The molecule has 0 bridgehead atoms. The number of hydrogen-bond acceptors (Lipinski definition) is 6. The molecule has 0 saturated carbocycles. The summed E-state index contributed by atoms with van der Waals surface area (Å²) in [6.45, 7) is 1.21. The van der Waals surface area contributed by atoms with Crippen LogP contribution in [-0.2, 0) is 7.05 Å². The molecule has 0 saturated heterocycles. The molecule has 3 aromatic rings. The Hall–Kier alpha value is -2.51. The number of carbonyl (C=O) groups excluding carboxylic acids is 1. The van der Waals surface area contributed by atoms with Crippen molar-refractivity contribution in [2.45, 2.75) is 11.6 Å². The van der Waals surface area contributed by atoms with Crippen molar-refractivity contribution in [1.82, 2.24) is 14.8 Å². The summed E-state index contributed by atoms with van der Waals surface area (Å²) in [6.07, 6.45) is 0.827. The molecule has 6 nitrogen and oxygen atoms in total. The minimum absolute atomic E-state index is 0.0112. The van der Waals surface area contributed by atoms with Gasteiger partial charge in [0.2, 0.25) is 0 Å². The Bertz CT molecular complexity index is 1020.